The van der Waals surface area contributed by atoms with Crippen LogP contribution in [0.15, 0.2) is 36.5 Å². The molecule has 0 aromatic heterocycles. The highest BCUT2D eigenvalue weighted by molar-refractivity contribution is 7.47. The van der Waals surface area contributed by atoms with Gasteiger partial charge in [-0.05, 0) is 57.8 Å². The molecule has 66 heavy (non-hydrogen) atoms. The lowest BCUT2D eigenvalue weighted by Crippen LogP contribution is -2.25. The quantitative estimate of drug-likeness (QED) is 0.0165. The van der Waals surface area contributed by atoms with E-state index in [9.17, 15) is 43.8 Å². The fraction of sp³-hybridized carbons (Fsp3) is 0.837. The molecular weight excluding hydrogens is 890 g/mol. The van der Waals surface area contributed by atoms with Gasteiger partial charge in [0.2, 0.25) is 0 Å². The monoisotopic (exact) mass is 983 g/mol. The molecule has 5 unspecified atom stereocenters. The maximum absolute atomic E-state index is 12.2. The van der Waals surface area contributed by atoms with E-state index in [1.807, 2.05) is 12.2 Å². The van der Waals surface area contributed by atoms with Crippen LogP contribution in [0.3, 0.4) is 0 Å². The fourth-order valence-corrected chi connectivity index (χ4v) is 8.20. The van der Waals surface area contributed by atoms with Gasteiger partial charge in [-0.2, -0.15) is 0 Å². The van der Waals surface area contributed by atoms with E-state index < -0.39 is 85.5 Å². The molecule has 388 valence electrons. The molecule has 0 rings (SSSR count). The Balaban J connectivity index is 3.87. The van der Waals surface area contributed by atoms with Crippen molar-refractivity contribution < 1.29 is 71.4 Å². The summed E-state index contributed by atoms with van der Waals surface area (Å²) in [6, 6.07) is 0. The van der Waals surface area contributed by atoms with Crippen LogP contribution in [0.1, 0.15) is 206 Å². The zero-order valence-electron chi connectivity index (χ0n) is 40.9. The van der Waals surface area contributed by atoms with Crippen LogP contribution < -0.4 is 0 Å². The Labute approximate surface area is 398 Å². The smallest absolute Gasteiger partial charge is 0.463 e. The summed E-state index contributed by atoms with van der Waals surface area (Å²) < 4.78 is 52.9. The Hall–Kier alpha value is -1.74. The first-order chi connectivity index (χ1) is 31.8. The lowest BCUT2D eigenvalue weighted by atomic mass is 10.0. The average Bonchev–Trinajstić information content (AvgIpc) is 3.29. The number of carbonyl (C=O) groups excluding carboxylic acids is 2. The van der Waals surface area contributed by atoms with E-state index in [1.165, 1.54) is 135 Å². The second-order valence-corrected chi connectivity index (χ2v) is 20.1. The predicted molar refractivity (Wildman–Crippen MR) is 261 cm³/mol. The Kier molecular flexibility index (Phi) is 44.5. The first-order valence-corrected chi connectivity index (χ1v) is 28.3. The number of hydrogen-bond acceptors (Lipinski definition) is 13. The number of hydrogen-bond donors (Lipinski definition) is 5. The van der Waals surface area contributed by atoms with Gasteiger partial charge < -0.3 is 34.6 Å². The van der Waals surface area contributed by atoms with Gasteiger partial charge in [-0.15, -0.1) is 0 Å². The summed E-state index contributed by atoms with van der Waals surface area (Å²) in [6.45, 7) is 0.357. The van der Waals surface area contributed by atoms with Crippen molar-refractivity contribution in [3.8, 4) is 0 Å². The van der Waals surface area contributed by atoms with Crippen molar-refractivity contribution in [1.82, 2.24) is 0 Å². The van der Waals surface area contributed by atoms with Crippen LogP contribution in [0.5, 0.6) is 0 Å². The van der Waals surface area contributed by atoms with Gasteiger partial charge in [-0.1, -0.05) is 172 Å². The van der Waals surface area contributed by atoms with Crippen LogP contribution in [-0.2, 0) is 46.3 Å². The van der Waals surface area contributed by atoms with Gasteiger partial charge in [0.1, 0.15) is 31.5 Å². The lowest BCUT2D eigenvalue weighted by Gasteiger charge is -2.19. The molecule has 0 saturated carbocycles. The highest BCUT2D eigenvalue weighted by Gasteiger charge is 2.28. The zero-order chi connectivity index (χ0) is 48.8. The summed E-state index contributed by atoms with van der Waals surface area (Å²) in [7, 11) is -9.58. The Morgan fingerprint density at radius 3 is 1.06 bits per heavy atom. The molecule has 0 fully saturated rings. The maximum atomic E-state index is 12.2. The van der Waals surface area contributed by atoms with Crippen molar-refractivity contribution in [1.29, 1.82) is 0 Å². The molecule has 0 heterocycles. The SMILES string of the molecule is CCCCCCCC/C=C\C/C=C/CCC(=O)OCC(O)COP(=O)(O)OCC(O)COP(=O)(O)OCC(O)COC(=O)CCCCCCCCCCCCC/C=C/CCCCCCCC. The molecule has 0 aromatic carbocycles. The molecule has 0 bridgehead atoms. The van der Waals surface area contributed by atoms with Crippen LogP contribution in [0.2, 0.25) is 0 Å². The van der Waals surface area contributed by atoms with Crippen molar-refractivity contribution >= 4 is 27.6 Å². The highest BCUT2D eigenvalue weighted by atomic mass is 31.2. The van der Waals surface area contributed by atoms with E-state index in [-0.39, 0.29) is 12.8 Å². The van der Waals surface area contributed by atoms with Crippen LogP contribution >= 0.6 is 15.6 Å². The number of esters is 2. The second kappa shape index (κ2) is 45.7. The molecule has 0 radical (unpaired) electrons. The largest absolute Gasteiger partial charge is 0.472 e. The molecule has 0 spiro atoms. The van der Waals surface area contributed by atoms with Crippen molar-refractivity contribution in [2.45, 2.75) is 225 Å². The van der Waals surface area contributed by atoms with Gasteiger partial charge in [-0.25, -0.2) is 9.13 Å². The number of ether oxygens (including phenoxy) is 2. The minimum absolute atomic E-state index is 0.0911. The number of carbonyl (C=O) groups is 2. The van der Waals surface area contributed by atoms with Gasteiger partial charge in [-0.3, -0.25) is 27.7 Å². The standard InChI is InChI=1S/C49H92O15P2/c1-3-5-7-9-11-13-15-17-18-19-20-21-22-23-24-26-28-30-32-34-36-38-49(54)60-40-46(51)42-62-66(57,58)64-44-47(52)43-63-65(55,56)61-41-45(50)39-59-48(53)37-35-33-31-29-27-25-16-14-12-10-8-6-4-2/h17-18,25,27,31,33,45-47,50-52H,3-16,19-24,26,28-30,32,34-44H2,1-2H3,(H,55,56)(H,57,58)/b18-17+,27-25-,33-31+. The number of aliphatic hydroxyl groups is 3. The van der Waals surface area contributed by atoms with Gasteiger partial charge in [0.25, 0.3) is 0 Å². The summed E-state index contributed by atoms with van der Waals surface area (Å²) in [6.07, 6.45) is 41.5. The normalized spacial score (nSPS) is 15.3. The fourth-order valence-electron chi connectivity index (χ4n) is 6.61. The van der Waals surface area contributed by atoms with Crippen LogP contribution in [0, 0.1) is 0 Å². The predicted octanol–water partition coefficient (Wildman–Crippen LogP) is 11.8. The number of phosphoric acid groups is 2. The number of allylic oxidation sites excluding steroid dienone is 6. The zero-order valence-corrected chi connectivity index (χ0v) is 42.7. The first kappa shape index (κ1) is 64.3. The van der Waals surface area contributed by atoms with E-state index in [1.54, 1.807) is 0 Å². The Morgan fingerprint density at radius 1 is 0.394 bits per heavy atom. The van der Waals surface area contributed by atoms with E-state index in [4.69, 9.17) is 14.0 Å². The Bertz CT molecular complexity index is 1330. The molecule has 0 aliphatic heterocycles. The summed E-state index contributed by atoms with van der Waals surface area (Å²) >= 11 is 0. The van der Waals surface area contributed by atoms with E-state index in [2.05, 4.69) is 51.7 Å². The van der Waals surface area contributed by atoms with Crippen molar-refractivity contribution in [3.63, 3.8) is 0 Å². The molecule has 0 amide bonds. The Morgan fingerprint density at radius 2 is 0.682 bits per heavy atom. The van der Waals surface area contributed by atoms with Gasteiger partial charge in [0.05, 0.1) is 26.4 Å². The number of unbranched alkanes of at least 4 members (excludes halogenated alkanes) is 23. The van der Waals surface area contributed by atoms with Crippen molar-refractivity contribution in [3.05, 3.63) is 36.5 Å². The van der Waals surface area contributed by atoms with Crippen LogP contribution in [0.25, 0.3) is 0 Å². The van der Waals surface area contributed by atoms with Crippen molar-refractivity contribution in [2.24, 2.45) is 0 Å². The third kappa shape index (κ3) is 47.3. The molecule has 17 heteroatoms. The lowest BCUT2D eigenvalue weighted by molar-refractivity contribution is -0.148. The summed E-state index contributed by atoms with van der Waals surface area (Å²) in [4.78, 5) is 43.7. The second-order valence-electron chi connectivity index (χ2n) is 17.2. The number of phosphoric ester groups is 2. The molecule has 5 N–H and O–H groups in total. The minimum atomic E-state index is -4.79. The maximum Gasteiger partial charge on any atom is 0.472 e. The van der Waals surface area contributed by atoms with E-state index in [0.717, 1.165) is 32.1 Å². The third-order valence-electron chi connectivity index (χ3n) is 10.6. The van der Waals surface area contributed by atoms with Gasteiger partial charge in [0.15, 0.2) is 0 Å². The number of aliphatic hydroxyl groups excluding tert-OH is 3. The average molecular weight is 983 g/mol. The summed E-state index contributed by atoms with van der Waals surface area (Å²) in [5.41, 5.74) is 0. The molecule has 5 atom stereocenters. The topological polar surface area (TPSA) is 225 Å². The van der Waals surface area contributed by atoms with Gasteiger partial charge in [0, 0.05) is 12.8 Å². The summed E-state index contributed by atoms with van der Waals surface area (Å²) in [5, 5.41) is 30.0. The first-order valence-electron chi connectivity index (χ1n) is 25.3. The minimum Gasteiger partial charge on any atom is -0.463 e. The van der Waals surface area contributed by atoms with E-state index in [0.29, 0.717) is 12.8 Å². The molecule has 0 saturated heterocycles. The summed E-state index contributed by atoms with van der Waals surface area (Å²) in [5.74, 6) is -1.06. The molecule has 0 aliphatic rings. The van der Waals surface area contributed by atoms with Crippen molar-refractivity contribution in [2.75, 3.05) is 39.6 Å². The number of rotatable bonds is 49. The molecule has 0 aliphatic carbocycles. The highest BCUT2D eigenvalue weighted by Crippen LogP contribution is 2.45. The van der Waals surface area contributed by atoms with Crippen LogP contribution in [0.4, 0.5) is 0 Å². The molecule has 0 aromatic rings. The molecular formula is C49H92O15P2. The van der Waals surface area contributed by atoms with Gasteiger partial charge >= 0.3 is 27.6 Å². The van der Waals surface area contributed by atoms with E-state index >= 15 is 0 Å². The molecule has 15 nitrogen and oxygen atoms in total. The van der Waals surface area contributed by atoms with Crippen LogP contribution in [-0.4, -0.2) is 95.0 Å². The third-order valence-corrected chi connectivity index (χ3v) is 12.5.